The number of amides is 1. The van der Waals surface area contributed by atoms with Gasteiger partial charge in [0, 0.05) is 18.5 Å². The van der Waals surface area contributed by atoms with Gasteiger partial charge in [0.2, 0.25) is 0 Å². The van der Waals surface area contributed by atoms with E-state index in [4.69, 9.17) is 9.15 Å². The molecule has 0 aliphatic carbocycles. The van der Waals surface area contributed by atoms with Crippen LogP contribution in [0.3, 0.4) is 0 Å². The Morgan fingerprint density at radius 3 is 2.86 bits per heavy atom. The molecule has 0 aromatic carbocycles. The van der Waals surface area contributed by atoms with Gasteiger partial charge in [0.1, 0.15) is 5.76 Å². The fourth-order valence-corrected chi connectivity index (χ4v) is 3.26. The van der Waals surface area contributed by atoms with E-state index >= 15 is 0 Å². The van der Waals surface area contributed by atoms with Crippen LogP contribution in [0, 0.1) is 6.92 Å². The average molecular weight is 307 g/mol. The van der Waals surface area contributed by atoms with Crippen molar-refractivity contribution in [1.82, 2.24) is 4.90 Å². The summed E-state index contributed by atoms with van der Waals surface area (Å²) in [6.45, 7) is 5.69. The minimum absolute atomic E-state index is 0.0382. The molecule has 21 heavy (non-hydrogen) atoms. The molecule has 0 bridgehead atoms. The van der Waals surface area contributed by atoms with Crippen LogP contribution in [-0.4, -0.2) is 31.1 Å². The number of carbonyl (C=O) groups is 1. The van der Waals surface area contributed by atoms with E-state index in [9.17, 15) is 4.79 Å². The largest absolute Gasteiger partial charge is 0.467 e. The number of furan rings is 1. The minimum atomic E-state index is 0.0382. The maximum atomic E-state index is 12.7. The third kappa shape index (κ3) is 3.95. The standard InChI is InChI=1S/C16H21NO3S/c1-4-14-12(2)10-15(21-14)16(18)17(7-9-19-3)11-13-6-5-8-20-13/h5-6,8,10H,4,7,9,11H2,1-3H3. The first-order valence-corrected chi connectivity index (χ1v) is 7.87. The van der Waals surface area contributed by atoms with Crippen LogP contribution in [-0.2, 0) is 17.7 Å². The van der Waals surface area contributed by atoms with Crippen LogP contribution < -0.4 is 0 Å². The highest BCUT2D eigenvalue weighted by Crippen LogP contribution is 2.24. The summed E-state index contributed by atoms with van der Waals surface area (Å²) in [6, 6.07) is 5.69. The van der Waals surface area contributed by atoms with Gasteiger partial charge in [0.05, 0.1) is 24.3 Å². The number of hydrogen-bond donors (Lipinski definition) is 0. The van der Waals surface area contributed by atoms with Crippen molar-refractivity contribution in [3.05, 3.63) is 45.5 Å². The lowest BCUT2D eigenvalue weighted by Crippen LogP contribution is -2.32. The van der Waals surface area contributed by atoms with E-state index in [1.165, 1.54) is 10.4 Å². The molecular formula is C16H21NO3S. The zero-order chi connectivity index (χ0) is 15.2. The van der Waals surface area contributed by atoms with Gasteiger partial charge in [0.15, 0.2) is 0 Å². The molecular weight excluding hydrogens is 286 g/mol. The summed E-state index contributed by atoms with van der Waals surface area (Å²) >= 11 is 1.58. The number of carbonyl (C=O) groups excluding carboxylic acids is 1. The minimum Gasteiger partial charge on any atom is -0.467 e. The van der Waals surface area contributed by atoms with Crippen molar-refractivity contribution in [3.63, 3.8) is 0 Å². The fourth-order valence-electron chi connectivity index (χ4n) is 2.18. The molecule has 0 saturated heterocycles. The molecule has 0 atom stereocenters. The Balaban J connectivity index is 2.15. The van der Waals surface area contributed by atoms with Gasteiger partial charge in [-0.25, -0.2) is 0 Å². The van der Waals surface area contributed by atoms with Crippen molar-refractivity contribution in [2.24, 2.45) is 0 Å². The lowest BCUT2D eigenvalue weighted by Gasteiger charge is -2.20. The Bertz CT molecular complexity index is 574. The smallest absolute Gasteiger partial charge is 0.264 e. The first kappa shape index (κ1) is 15.8. The van der Waals surface area contributed by atoms with E-state index in [1.54, 1.807) is 29.6 Å². The van der Waals surface area contributed by atoms with E-state index in [2.05, 4.69) is 13.8 Å². The molecule has 0 aliphatic heterocycles. The van der Waals surface area contributed by atoms with Crippen molar-refractivity contribution in [2.45, 2.75) is 26.8 Å². The van der Waals surface area contributed by atoms with Crippen LogP contribution >= 0.6 is 11.3 Å². The molecule has 1 amide bonds. The average Bonchev–Trinajstić information content (AvgIpc) is 3.11. The zero-order valence-corrected chi connectivity index (χ0v) is 13.5. The van der Waals surface area contributed by atoms with Gasteiger partial charge in [-0.1, -0.05) is 6.92 Å². The Morgan fingerprint density at radius 1 is 1.48 bits per heavy atom. The molecule has 114 valence electrons. The molecule has 0 saturated carbocycles. The summed E-state index contributed by atoms with van der Waals surface area (Å²) in [4.78, 5) is 16.5. The number of nitrogens with zero attached hydrogens (tertiary/aromatic N) is 1. The summed E-state index contributed by atoms with van der Waals surface area (Å²) < 4.78 is 10.5. The molecule has 2 rings (SSSR count). The molecule has 0 radical (unpaired) electrons. The lowest BCUT2D eigenvalue weighted by molar-refractivity contribution is 0.0671. The Hall–Kier alpha value is -1.59. The van der Waals surface area contributed by atoms with Gasteiger partial charge in [-0.15, -0.1) is 11.3 Å². The maximum Gasteiger partial charge on any atom is 0.264 e. The Labute approximate surface area is 129 Å². The number of aryl methyl sites for hydroxylation is 2. The van der Waals surface area contributed by atoms with Crippen LogP contribution in [0.1, 0.15) is 32.8 Å². The van der Waals surface area contributed by atoms with Crippen LogP contribution in [0.4, 0.5) is 0 Å². The van der Waals surface area contributed by atoms with E-state index in [-0.39, 0.29) is 5.91 Å². The Kier molecular flexibility index (Phi) is 5.59. The van der Waals surface area contributed by atoms with Crippen molar-refractivity contribution >= 4 is 17.2 Å². The van der Waals surface area contributed by atoms with E-state index in [0.29, 0.717) is 19.7 Å². The van der Waals surface area contributed by atoms with Crippen molar-refractivity contribution < 1.29 is 13.9 Å². The molecule has 5 heteroatoms. The molecule has 4 nitrogen and oxygen atoms in total. The number of thiophene rings is 1. The van der Waals surface area contributed by atoms with Gasteiger partial charge in [-0.3, -0.25) is 4.79 Å². The second kappa shape index (κ2) is 7.43. The summed E-state index contributed by atoms with van der Waals surface area (Å²) in [5, 5.41) is 0. The number of methoxy groups -OCH3 is 1. The third-order valence-corrected chi connectivity index (χ3v) is 4.70. The predicted octanol–water partition coefficient (Wildman–Crippen LogP) is 3.50. The van der Waals surface area contributed by atoms with Gasteiger partial charge in [-0.2, -0.15) is 0 Å². The molecule has 2 aromatic heterocycles. The summed E-state index contributed by atoms with van der Waals surface area (Å²) in [7, 11) is 1.64. The molecule has 0 N–H and O–H groups in total. The molecule has 0 aliphatic rings. The van der Waals surface area contributed by atoms with E-state index in [1.807, 2.05) is 18.2 Å². The SMILES string of the molecule is CCc1sc(C(=O)N(CCOC)Cc2ccco2)cc1C. The molecule has 2 heterocycles. The molecule has 2 aromatic rings. The zero-order valence-electron chi connectivity index (χ0n) is 12.7. The van der Waals surface area contributed by atoms with Gasteiger partial charge < -0.3 is 14.1 Å². The van der Waals surface area contributed by atoms with Crippen molar-refractivity contribution in [3.8, 4) is 0 Å². The molecule has 0 spiro atoms. The first-order chi connectivity index (χ1) is 10.2. The summed E-state index contributed by atoms with van der Waals surface area (Å²) in [6.07, 6.45) is 2.58. The predicted molar refractivity (Wildman–Crippen MR) is 83.8 cm³/mol. The fraction of sp³-hybridized carbons (Fsp3) is 0.438. The van der Waals surface area contributed by atoms with Crippen molar-refractivity contribution in [2.75, 3.05) is 20.3 Å². The number of rotatable bonds is 7. The van der Waals surface area contributed by atoms with Crippen molar-refractivity contribution in [1.29, 1.82) is 0 Å². The van der Waals surface area contributed by atoms with Gasteiger partial charge in [0.25, 0.3) is 5.91 Å². The van der Waals surface area contributed by atoms with Crippen LogP contribution in [0.15, 0.2) is 28.9 Å². The maximum absolute atomic E-state index is 12.7. The number of ether oxygens (including phenoxy) is 1. The highest BCUT2D eigenvalue weighted by atomic mass is 32.1. The normalized spacial score (nSPS) is 10.8. The first-order valence-electron chi connectivity index (χ1n) is 7.05. The van der Waals surface area contributed by atoms with E-state index in [0.717, 1.165) is 17.1 Å². The van der Waals surface area contributed by atoms with Crippen LogP contribution in [0.2, 0.25) is 0 Å². The second-order valence-electron chi connectivity index (χ2n) is 4.87. The number of hydrogen-bond acceptors (Lipinski definition) is 4. The third-order valence-electron chi connectivity index (χ3n) is 3.33. The quantitative estimate of drug-likeness (QED) is 0.786. The summed E-state index contributed by atoms with van der Waals surface area (Å²) in [5.41, 5.74) is 1.19. The monoisotopic (exact) mass is 307 g/mol. The van der Waals surface area contributed by atoms with Crippen LogP contribution in [0.25, 0.3) is 0 Å². The molecule has 0 unspecified atom stereocenters. The molecule has 0 fully saturated rings. The van der Waals surface area contributed by atoms with E-state index < -0.39 is 0 Å². The second-order valence-corrected chi connectivity index (χ2v) is 6.01. The lowest BCUT2D eigenvalue weighted by atomic mass is 10.2. The highest BCUT2D eigenvalue weighted by molar-refractivity contribution is 7.14. The summed E-state index contributed by atoms with van der Waals surface area (Å²) in [5.74, 6) is 0.819. The highest BCUT2D eigenvalue weighted by Gasteiger charge is 2.20. The van der Waals surface area contributed by atoms with Crippen LogP contribution in [0.5, 0.6) is 0 Å². The Morgan fingerprint density at radius 2 is 2.29 bits per heavy atom. The van der Waals surface area contributed by atoms with Gasteiger partial charge >= 0.3 is 0 Å². The topological polar surface area (TPSA) is 42.7 Å². The van der Waals surface area contributed by atoms with Gasteiger partial charge in [-0.05, 0) is 37.1 Å².